The molecule has 0 spiro atoms. The maximum Gasteiger partial charge on any atom is 0.124 e. The molecule has 0 radical (unpaired) electrons. The van der Waals surface area contributed by atoms with Gasteiger partial charge in [0.05, 0.1) is 16.9 Å². The van der Waals surface area contributed by atoms with Crippen LogP contribution in [0.5, 0.6) is 0 Å². The van der Waals surface area contributed by atoms with Crippen molar-refractivity contribution in [1.29, 1.82) is 0 Å². The first-order valence-electron chi connectivity index (χ1n) is 7.50. The summed E-state index contributed by atoms with van der Waals surface area (Å²) in [6.07, 6.45) is 4.74. The molecule has 1 atom stereocenters. The Morgan fingerprint density at radius 3 is 3.05 bits per heavy atom. The fourth-order valence-corrected chi connectivity index (χ4v) is 3.15. The van der Waals surface area contributed by atoms with Crippen LogP contribution in [-0.4, -0.2) is 20.8 Å². The average molecular weight is 296 g/mol. The molecule has 3 aromatic rings. The minimum Gasteiger partial charge on any atom is -0.327 e. The largest absolute Gasteiger partial charge is 0.327 e. The molecule has 0 saturated carbocycles. The minimum atomic E-state index is -0.265. The van der Waals surface area contributed by atoms with Crippen molar-refractivity contribution in [3.05, 3.63) is 53.2 Å². The first kappa shape index (κ1) is 13.4. The number of benzene rings is 1. The highest BCUT2D eigenvalue weighted by Crippen LogP contribution is 2.26. The molecule has 2 heterocycles. The van der Waals surface area contributed by atoms with Crippen molar-refractivity contribution < 1.29 is 4.39 Å². The number of fused-ring (bicyclic) bond motifs is 2. The topological polar surface area (TPSA) is 56.7 Å². The van der Waals surface area contributed by atoms with Gasteiger partial charge in [-0.1, -0.05) is 0 Å². The third-order valence-electron chi connectivity index (χ3n) is 4.24. The summed E-state index contributed by atoms with van der Waals surface area (Å²) in [5.74, 6) is -0.265. The Morgan fingerprint density at radius 2 is 2.18 bits per heavy atom. The van der Waals surface area contributed by atoms with Crippen LogP contribution in [0.15, 0.2) is 30.5 Å². The van der Waals surface area contributed by atoms with Crippen molar-refractivity contribution in [1.82, 2.24) is 14.8 Å². The number of nitrogens with two attached hydrogens (primary N) is 1. The van der Waals surface area contributed by atoms with E-state index in [1.165, 1.54) is 17.7 Å². The lowest BCUT2D eigenvalue weighted by Crippen LogP contribution is -2.27. The molecule has 112 valence electrons. The molecule has 5 heteroatoms. The van der Waals surface area contributed by atoms with Crippen molar-refractivity contribution in [3.63, 3.8) is 0 Å². The van der Waals surface area contributed by atoms with Crippen LogP contribution in [0.1, 0.15) is 23.4 Å². The number of hydrogen-bond donors (Lipinski definition) is 1. The van der Waals surface area contributed by atoms with E-state index in [-0.39, 0.29) is 11.9 Å². The lowest BCUT2D eigenvalue weighted by atomic mass is 9.94. The van der Waals surface area contributed by atoms with E-state index in [2.05, 4.69) is 10.1 Å². The van der Waals surface area contributed by atoms with E-state index in [4.69, 9.17) is 5.73 Å². The second-order valence-electron chi connectivity index (χ2n) is 5.99. The molecule has 4 nitrogen and oxygen atoms in total. The molecule has 1 unspecified atom stereocenters. The second-order valence-corrected chi connectivity index (χ2v) is 5.99. The average Bonchev–Trinajstić information content (AvgIpc) is 2.89. The Balaban J connectivity index is 1.92. The lowest BCUT2D eigenvalue weighted by Gasteiger charge is -2.15. The molecular weight excluding hydrogens is 279 g/mol. The maximum atomic E-state index is 13.6. The van der Waals surface area contributed by atoms with Crippen LogP contribution in [0.25, 0.3) is 16.6 Å². The summed E-state index contributed by atoms with van der Waals surface area (Å²) in [5.41, 5.74) is 10.9. The zero-order valence-corrected chi connectivity index (χ0v) is 12.4. The summed E-state index contributed by atoms with van der Waals surface area (Å²) in [6, 6.07) is 6.81. The summed E-state index contributed by atoms with van der Waals surface area (Å²) in [4.78, 5) is 4.47. The first-order valence-corrected chi connectivity index (χ1v) is 7.50. The second kappa shape index (κ2) is 4.88. The summed E-state index contributed by atoms with van der Waals surface area (Å²) in [7, 11) is 0. The number of aromatic nitrogens is 3. The van der Waals surface area contributed by atoms with E-state index >= 15 is 0 Å². The van der Waals surface area contributed by atoms with Gasteiger partial charge >= 0.3 is 0 Å². The number of aryl methyl sites for hydroxylation is 2. The van der Waals surface area contributed by atoms with E-state index in [0.717, 1.165) is 47.2 Å². The molecule has 0 fully saturated rings. The van der Waals surface area contributed by atoms with Crippen LogP contribution < -0.4 is 5.73 Å². The lowest BCUT2D eigenvalue weighted by molar-refractivity contribution is 0.570. The highest BCUT2D eigenvalue weighted by molar-refractivity contribution is 5.87. The van der Waals surface area contributed by atoms with Gasteiger partial charge in [0.1, 0.15) is 5.82 Å². The Kier molecular flexibility index (Phi) is 2.97. The minimum absolute atomic E-state index is 0.207. The normalized spacial score (nSPS) is 17.7. The van der Waals surface area contributed by atoms with Gasteiger partial charge in [-0.25, -0.2) is 9.07 Å². The van der Waals surface area contributed by atoms with Crippen LogP contribution in [0.3, 0.4) is 0 Å². The third-order valence-corrected chi connectivity index (χ3v) is 4.24. The predicted octanol–water partition coefficient (Wildman–Crippen LogP) is 2.68. The van der Waals surface area contributed by atoms with Crippen molar-refractivity contribution in [2.24, 2.45) is 5.73 Å². The van der Waals surface area contributed by atoms with E-state index in [1.54, 1.807) is 6.07 Å². The van der Waals surface area contributed by atoms with Gasteiger partial charge < -0.3 is 5.73 Å². The highest BCUT2D eigenvalue weighted by atomic mass is 19.1. The number of pyridine rings is 1. The quantitative estimate of drug-likeness (QED) is 0.751. The molecule has 2 N–H and O–H groups in total. The van der Waals surface area contributed by atoms with Crippen LogP contribution in [0.4, 0.5) is 4.39 Å². The molecule has 1 aliphatic carbocycles. The Bertz CT molecular complexity index is 868. The molecular formula is C17H17FN4. The summed E-state index contributed by atoms with van der Waals surface area (Å²) in [6.45, 7) is 1.94. The summed E-state index contributed by atoms with van der Waals surface area (Å²) < 4.78 is 15.5. The molecule has 4 rings (SSSR count). The third kappa shape index (κ3) is 2.18. The maximum absolute atomic E-state index is 13.6. The monoisotopic (exact) mass is 296 g/mol. The van der Waals surface area contributed by atoms with Gasteiger partial charge in [0.15, 0.2) is 0 Å². The molecule has 22 heavy (non-hydrogen) atoms. The number of halogens is 1. The Labute approximate surface area is 127 Å². The van der Waals surface area contributed by atoms with Crippen LogP contribution >= 0.6 is 0 Å². The standard InChI is InChI=1S/C17H17FN4/c1-10-6-17(14-8-12(18)2-4-16(14)20-10)22-9-11-7-13(19)3-5-15(11)21-22/h2,4,6,8-9,13H,3,5,7,19H2,1H3. The molecule has 1 aliphatic rings. The van der Waals surface area contributed by atoms with Crippen LogP contribution in [0, 0.1) is 12.7 Å². The molecule has 2 aromatic heterocycles. The molecule has 0 amide bonds. The molecule has 0 bridgehead atoms. The van der Waals surface area contributed by atoms with Gasteiger partial charge in [0.25, 0.3) is 0 Å². The van der Waals surface area contributed by atoms with Crippen LogP contribution in [-0.2, 0) is 12.8 Å². The van der Waals surface area contributed by atoms with E-state index in [1.807, 2.05) is 23.9 Å². The van der Waals surface area contributed by atoms with Crippen molar-refractivity contribution in [2.45, 2.75) is 32.2 Å². The van der Waals surface area contributed by atoms with Crippen molar-refractivity contribution >= 4 is 10.9 Å². The van der Waals surface area contributed by atoms with Gasteiger partial charge in [-0.05, 0) is 56.0 Å². The number of hydrogen-bond acceptors (Lipinski definition) is 3. The van der Waals surface area contributed by atoms with Crippen LogP contribution in [0.2, 0.25) is 0 Å². The molecule has 1 aromatic carbocycles. The van der Waals surface area contributed by atoms with Gasteiger partial charge in [-0.3, -0.25) is 4.98 Å². The fraction of sp³-hybridized carbons (Fsp3) is 0.294. The smallest absolute Gasteiger partial charge is 0.124 e. The highest BCUT2D eigenvalue weighted by Gasteiger charge is 2.20. The van der Waals surface area contributed by atoms with Gasteiger partial charge in [0.2, 0.25) is 0 Å². The van der Waals surface area contributed by atoms with Crippen molar-refractivity contribution in [2.75, 3.05) is 0 Å². The fourth-order valence-electron chi connectivity index (χ4n) is 3.15. The summed E-state index contributed by atoms with van der Waals surface area (Å²) >= 11 is 0. The first-order chi connectivity index (χ1) is 10.6. The van der Waals surface area contributed by atoms with Gasteiger partial charge in [-0.15, -0.1) is 0 Å². The summed E-state index contributed by atoms with van der Waals surface area (Å²) in [5, 5.41) is 5.46. The van der Waals surface area contributed by atoms with Crippen molar-refractivity contribution in [3.8, 4) is 5.69 Å². The van der Waals surface area contributed by atoms with Gasteiger partial charge in [0, 0.05) is 23.3 Å². The number of nitrogens with zero attached hydrogens (tertiary/aromatic N) is 3. The zero-order valence-electron chi connectivity index (χ0n) is 12.4. The number of rotatable bonds is 1. The molecule has 0 aliphatic heterocycles. The predicted molar refractivity (Wildman–Crippen MR) is 83.6 cm³/mol. The van der Waals surface area contributed by atoms with E-state index in [0.29, 0.717) is 0 Å². The van der Waals surface area contributed by atoms with E-state index < -0.39 is 0 Å². The SMILES string of the molecule is Cc1cc(-n2cc3c(n2)CCC(N)C3)c2cc(F)ccc2n1. The molecule has 0 saturated heterocycles. The zero-order chi connectivity index (χ0) is 15.3. The van der Waals surface area contributed by atoms with Gasteiger partial charge in [-0.2, -0.15) is 5.10 Å². The Morgan fingerprint density at radius 1 is 1.32 bits per heavy atom. The van der Waals surface area contributed by atoms with E-state index in [9.17, 15) is 4.39 Å². The Hall–Kier alpha value is -2.27.